The number of aromatic nitrogens is 2. The molecule has 7 heteroatoms. The van der Waals surface area contributed by atoms with Gasteiger partial charge in [-0.25, -0.2) is 13.8 Å². The molecule has 1 aliphatic rings. The van der Waals surface area contributed by atoms with Crippen molar-refractivity contribution in [3.8, 4) is 0 Å². The fraction of sp³-hybridized carbons (Fsp3) is 0.333. The van der Waals surface area contributed by atoms with Crippen molar-refractivity contribution in [2.24, 2.45) is 0 Å². The molecule has 1 aliphatic heterocycles. The molecule has 1 N–H and O–H groups in total. The predicted octanol–water partition coefficient (Wildman–Crippen LogP) is 1.33. The van der Waals surface area contributed by atoms with E-state index in [0.29, 0.717) is 30.4 Å². The van der Waals surface area contributed by atoms with Crippen molar-refractivity contribution >= 4 is 0 Å². The number of rotatable bonds is 3. The molecule has 0 saturated carbocycles. The molecule has 5 nitrogen and oxygen atoms in total. The Bertz CT molecular complexity index is 761. The summed E-state index contributed by atoms with van der Waals surface area (Å²) in [7, 11) is 0. The Balaban J connectivity index is 1.88. The van der Waals surface area contributed by atoms with Crippen molar-refractivity contribution in [1.29, 1.82) is 0 Å². The lowest BCUT2D eigenvalue weighted by Gasteiger charge is -2.18. The van der Waals surface area contributed by atoms with Gasteiger partial charge in [0.2, 0.25) is 0 Å². The summed E-state index contributed by atoms with van der Waals surface area (Å²) in [6.07, 6.45) is 0.625. The molecular weight excluding hydrogens is 294 g/mol. The Morgan fingerprint density at radius 3 is 3.00 bits per heavy atom. The highest BCUT2D eigenvalue weighted by atomic mass is 19.1. The van der Waals surface area contributed by atoms with Gasteiger partial charge in [-0.3, -0.25) is 9.36 Å². The maximum atomic E-state index is 13.7. The maximum absolute atomic E-state index is 13.7. The van der Waals surface area contributed by atoms with E-state index >= 15 is 0 Å². The molecule has 1 atom stereocenters. The molecule has 1 aromatic heterocycles. The second-order valence-electron chi connectivity index (χ2n) is 5.11. The Morgan fingerprint density at radius 1 is 1.41 bits per heavy atom. The highest BCUT2D eigenvalue weighted by Gasteiger charge is 2.19. The van der Waals surface area contributed by atoms with Crippen LogP contribution in [0.25, 0.3) is 0 Å². The van der Waals surface area contributed by atoms with Gasteiger partial charge >= 0.3 is 0 Å². The summed E-state index contributed by atoms with van der Waals surface area (Å²) in [5.41, 5.74) is 0.768. The molecule has 0 unspecified atom stereocenters. The van der Waals surface area contributed by atoms with E-state index in [9.17, 15) is 18.7 Å². The summed E-state index contributed by atoms with van der Waals surface area (Å²) in [4.78, 5) is 16.5. The zero-order valence-electron chi connectivity index (χ0n) is 11.6. The number of benzene rings is 1. The Hall–Kier alpha value is -2.12. The van der Waals surface area contributed by atoms with Crippen LogP contribution in [0.4, 0.5) is 8.78 Å². The average Bonchev–Trinajstić information content (AvgIpc) is 2.50. The molecular formula is C15H14F2N2O3. The summed E-state index contributed by atoms with van der Waals surface area (Å²) < 4.78 is 33.0. The lowest BCUT2D eigenvalue weighted by molar-refractivity contribution is 0.106. The zero-order chi connectivity index (χ0) is 15.7. The number of ether oxygens (including phenoxy) is 1. The molecule has 22 heavy (non-hydrogen) atoms. The van der Waals surface area contributed by atoms with Gasteiger partial charge in [0.05, 0.1) is 43.4 Å². The number of hydrogen-bond donors (Lipinski definition) is 1. The molecule has 0 radical (unpaired) electrons. The number of hydrogen-bond acceptors (Lipinski definition) is 4. The van der Waals surface area contributed by atoms with Crippen LogP contribution >= 0.6 is 0 Å². The van der Waals surface area contributed by atoms with Gasteiger partial charge in [-0.2, -0.15) is 0 Å². The van der Waals surface area contributed by atoms with Crippen molar-refractivity contribution in [1.82, 2.24) is 9.55 Å². The van der Waals surface area contributed by atoms with Gasteiger partial charge in [-0.1, -0.05) is 6.07 Å². The van der Waals surface area contributed by atoms with Crippen LogP contribution in [0.1, 0.15) is 22.9 Å². The molecule has 0 bridgehead atoms. The van der Waals surface area contributed by atoms with E-state index in [-0.39, 0.29) is 24.3 Å². The van der Waals surface area contributed by atoms with Gasteiger partial charge in [0.1, 0.15) is 11.6 Å². The van der Waals surface area contributed by atoms with E-state index in [1.54, 1.807) is 0 Å². The number of aliphatic hydroxyl groups is 1. The second kappa shape index (κ2) is 5.94. The largest absolute Gasteiger partial charge is 0.386 e. The summed E-state index contributed by atoms with van der Waals surface area (Å²) >= 11 is 0. The van der Waals surface area contributed by atoms with Gasteiger partial charge in [0, 0.05) is 18.1 Å². The first-order chi connectivity index (χ1) is 10.6. The van der Waals surface area contributed by atoms with Gasteiger partial charge in [0.25, 0.3) is 5.56 Å². The lowest BCUT2D eigenvalue weighted by atomic mass is 10.1. The molecule has 0 aliphatic carbocycles. The molecule has 0 fully saturated rings. The Labute approximate surface area is 124 Å². The zero-order valence-corrected chi connectivity index (χ0v) is 11.6. The fourth-order valence-electron chi connectivity index (χ4n) is 2.46. The maximum Gasteiger partial charge on any atom is 0.259 e. The number of nitrogens with zero attached hydrogens (tertiary/aromatic N) is 2. The van der Waals surface area contributed by atoms with Crippen molar-refractivity contribution in [2.75, 3.05) is 6.61 Å². The van der Waals surface area contributed by atoms with Gasteiger partial charge in [-0.15, -0.1) is 0 Å². The summed E-state index contributed by atoms with van der Waals surface area (Å²) in [5, 5.41) is 10.1. The summed E-state index contributed by atoms with van der Waals surface area (Å²) in [6, 6.07) is 2.92. The summed E-state index contributed by atoms with van der Waals surface area (Å²) in [5.74, 6) is -1.58. The molecule has 0 spiro atoms. The SMILES string of the molecule is O=c1c2c(ncn1C[C@H](O)c1ccc(F)cc1F)CCOC2. The van der Waals surface area contributed by atoms with E-state index in [1.807, 2.05) is 0 Å². The third-order valence-corrected chi connectivity index (χ3v) is 3.64. The van der Waals surface area contributed by atoms with Crippen LogP contribution in [-0.2, 0) is 24.3 Å². The first-order valence-electron chi connectivity index (χ1n) is 6.84. The average molecular weight is 308 g/mol. The number of halogens is 2. The van der Waals surface area contributed by atoms with Crippen molar-refractivity contribution < 1.29 is 18.6 Å². The van der Waals surface area contributed by atoms with Crippen LogP contribution in [0.15, 0.2) is 29.3 Å². The van der Waals surface area contributed by atoms with Crippen LogP contribution in [0.2, 0.25) is 0 Å². The van der Waals surface area contributed by atoms with E-state index in [1.165, 1.54) is 10.9 Å². The topological polar surface area (TPSA) is 64.4 Å². The first kappa shape index (κ1) is 14.8. The molecule has 0 amide bonds. The normalized spacial score (nSPS) is 15.4. The molecule has 3 rings (SSSR count). The van der Waals surface area contributed by atoms with Crippen LogP contribution in [-0.4, -0.2) is 21.3 Å². The fourth-order valence-corrected chi connectivity index (χ4v) is 2.46. The van der Waals surface area contributed by atoms with Crippen molar-refractivity contribution in [2.45, 2.75) is 25.7 Å². The monoisotopic (exact) mass is 308 g/mol. The molecule has 0 saturated heterocycles. The quantitative estimate of drug-likeness (QED) is 0.929. The minimum absolute atomic E-state index is 0.0673. The van der Waals surface area contributed by atoms with Crippen LogP contribution < -0.4 is 5.56 Å². The van der Waals surface area contributed by atoms with E-state index in [2.05, 4.69) is 4.98 Å². The number of aliphatic hydroxyl groups excluding tert-OH is 1. The van der Waals surface area contributed by atoms with E-state index in [0.717, 1.165) is 12.1 Å². The Kier molecular flexibility index (Phi) is 4.00. The highest BCUT2D eigenvalue weighted by molar-refractivity contribution is 5.22. The van der Waals surface area contributed by atoms with Gasteiger partial charge in [0.15, 0.2) is 0 Å². The lowest BCUT2D eigenvalue weighted by Crippen LogP contribution is -2.31. The van der Waals surface area contributed by atoms with E-state index < -0.39 is 17.7 Å². The Morgan fingerprint density at radius 2 is 2.23 bits per heavy atom. The van der Waals surface area contributed by atoms with E-state index in [4.69, 9.17) is 4.74 Å². The van der Waals surface area contributed by atoms with Gasteiger partial charge < -0.3 is 9.84 Å². The molecule has 2 aromatic rings. The standard InChI is InChI=1S/C15H14F2N2O3/c16-9-1-2-10(12(17)5-9)14(20)6-19-8-18-13-3-4-22-7-11(13)15(19)21/h1-2,5,8,14,20H,3-4,6-7H2/t14-/m0/s1. The minimum atomic E-state index is -1.28. The van der Waals surface area contributed by atoms with Gasteiger partial charge in [-0.05, 0) is 6.07 Å². The smallest absolute Gasteiger partial charge is 0.259 e. The first-order valence-corrected chi connectivity index (χ1v) is 6.84. The van der Waals surface area contributed by atoms with Crippen LogP contribution in [0.5, 0.6) is 0 Å². The van der Waals surface area contributed by atoms with Crippen molar-refractivity contribution in [3.05, 3.63) is 63.3 Å². The second-order valence-corrected chi connectivity index (χ2v) is 5.11. The third kappa shape index (κ3) is 2.77. The van der Waals surface area contributed by atoms with Crippen LogP contribution in [0.3, 0.4) is 0 Å². The minimum Gasteiger partial charge on any atom is -0.386 e. The van der Waals surface area contributed by atoms with Crippen LogP contribution in [0, 0.1) is 11.6 Å². The molecule has 2 heterocycles. The summed E-state index contributed by atoms with van der Waals surface area (Å²) in [6.45, 7) is 0.539. The molecule has 1 aromatic carbocycles. The number of fused-ring (bicyclic) bond motifs is 1. The predicted molar refractivity (Wildman–Crippen MR) is 73.2 cm³/mol. The third-order valence-electron chi connectivity index (χ3n) is 3.64. The highest BCUT2D eigenvalue weighted by Crippen LogP contribution is 2.19. The van der Waals surface area contributed by atoms with Crippen molar-refractivity contribution in [3.63, 3.8) is 0 Å². The molecule has 116 valence electrons.